The molecule has 7 heteroatoms. The molecular formula is C10H18N5OS+. The van der Waals surface area contributed by atoms with Crippen LogP contribution in [0.5, 0.6) is 0 Å². The second-order valence-electron chi connectivity index (χ2n) is 3.81. The van der Waals surface area contributed by atoms with Gasteiger partial charge in [0.1, 0.15) is 10.8 Å². The summed E-state index contributed by atoms with van der Waals surface area (Å²) < 4.78 is 5.64. The van der Waals surface area contributed by atoms with Crippen molar-refractivity contribution >= 4 is 17.7 Å². The Morgan fingerprint density at radius 2 is 2.47 bits per heavy atom. The number of nitrogens with zero attached hydrogens (tertiary/aromatic N) is 3. The molecule has 1 saturated heterocycles. The van der Waals surface area contributed by atoms with Crippen molar-refractivity contribution in [2.24, 2.45) is 0 Å². The van der Waals surface area contributed by atoms with Crippen LogP contribution >= 0.6 is 11.8 Å². The van der Waals surface area contributed by atoms with Crippen molar-refractivity contribution in [3.63, 3.8) is 0 Å². The average Bonchev–Trinajstić information content (AvgIpc) is 2.36. The molecule has 1 rings (SSSR count). The lowest BCUT2D eigenvalue weighted by Crippen LogP contribution is -2.42. The fraction of sp³-hybridized carbons (Fsp3) is 0.800. The Hall–Kier alpha value is -1.22. The lowest BCUT2D eigenvalue weighted by molar-refractivity contribution is -0.134. The summed E-state index contributed by atoms with van der Waals surface area (Å²) in [6, 6.07) is 0. The Labute approximate surface area is 106 Å². The van der Waals surface area contributed by atoms with Gasteiger partial charge < -0.3 is 4.74 Å². The van der Waals surface area contributed by atoms with Crippen LogP contribution in [0.1, 0.15) is 26.2 Å². The van der Waals surface area contributed by atoms with E-state index in [1.165, 1.54) is 6.42 Å². The minimum Gasteiger partial charge on any atom is -0.367 e. The molecule has 0 aromatic rings. The first-order chi connectivity index (χ1) is 8.19. The van der Waals surface area contributed by atoms with Crippen LogP contribution in [0.25, 0.3) is 0 Å². The standard InChI is InChI=1S/C10H17N5OS/c1-8(15(2)10(14-12)13-7-11)17-9-5-3-4-6-16-9/h8-9,12H,3-6H2,1-2H3/p+1. The van der Waals surface area contributed by atoms with E-state index in [9.17, 15) is 0 Å². The molecule has 0 aromatic heterocycles. The number of hydrogen-bond acceptors (Lipinski definition) is 4. The van der Waals surface area contributed by atoms with Crippen molar-refractivity contribution in [3.05, 3.63) is 0 Å². The Morgan fingerprint density at radius 1 is 1.71 bits per heavy atom. The molecule has 94 valence electrons. The van der Waals surface area contributed by atoms with Crippen molar-refractivity contribution in [2.45, 2.75) is 37.0 Å². The van der Waals surface area contributed by atoms with Gasteiger partial charge in [0.15, 0.2) is 0 Å². The monoisotopic (exact) mass is 256 g/mol. The van der Waals surface area contributed by atoms with E-state index in [0.29, 0.717) is 0 Å². The number of hydrogen-bond donors (Lipinski definition) is 2. The van der Waals surface area contributed by atoms with E-state index in [2.05, 4.69) is 10.1 Å². The van der Waals surface area contributed by atoms with E-state index in [1.807, 2.05) is 6.92 Å². The summed E-state index contributed by atoms with van der Waals surface area (Å²) in [6.07, 6.45) is 5.17. The van der Waals surface area contributed by atoms with Crippen LogP contribution in [0.15, 0.2) is 0 Å². The molecule has 17 heavy (non-hydrogen) atoms. The molecule has 0 aliphatic carbocycles. The first kappa shape index (κ1) is 13.8. The summed E-state index contributed by atoms with van der Waals surface area (Å²) in [5, 5.41) is 11.0. The van der Waals surface area contributed by atoms with E-state index >= 15 is 0 Å². The third-order valence-corrected chi connectivity index (χ3v) is 4.03. The van der Waals surface area contributed by atoms with E-state index in [-0.39, 0.29) is 16.8 Å². The molecule has 1 aliphatic rings. The highest BCUT2D eigenvalue weighted by molar-refractivity contribution is 8.00. The van der Waals surface area contributed by atoms with Crippen LogP contribution in [0.3, 0.4) is 0 Å². The molecular weight excluding hydrogens is 238 g/mol. The molecule has 0 saturated carbocycles. The number of nitriles is 1. The average molecular weight is 256 g/mol. The minimum atomic E-state index is 0.100. The van der Waals surface area contributed by atoms with Gasteiger partial charge in [0.05, 0.1) is 7.05 Å². The van der Waals surface area contributed by atoms with E-state index in [4.69, 9.17) is 15.5 Å². The zero-order valence-electron chi connectivity index (χ0n) is 10.1. The van der Waals surface area contributed by atoms with Gasteiger partial charge in [-0.05, 0) is 26.2 Å². The molecule has 2 atom stereocenters. The zero-order chi connectivity index (χ0) is 12.7. The van der Waals surface area contributed by atoms with Crippen LogP contribution in [0, 0.1) is 17.0 Å². The highest BCUT2D eigenvalue weighted by atomic mass is 32.2. The van der Waals surface area contributed by atoms with Gasteiger partial charge in [-0.1, -0.05) is 17.3 Å². The zero-order valence-corrected chi connectivity index (χ0v) is 11.0. The number of guanidine groups is 1. The predicted octanol–water partition coefficient (Wildman–Crippen LogP) is 1.19. The van der Waals surface area contributed by atoms with Gasteiger partial charge in [-0.3, -0.25) is 0 Å². The Balaban J connectivity index is 2.48. The molecule has 0 bridgehead atoms. The normalized spacial score (nSPS) is 20.9. The van der Waals surface area contributed by atoms with Gasteiger partial charge in [-0.25, -0.2) is 4.90 Å². The van der Waals surface area contributed by atoms with Crippen molar-refractivity contribution < 1.29 is 9.53 Å². The maximum Gasteiger partial charge on any atom is 0.481 e. The minimum absolute atomic E-state index is 0.100. The van der Waals surface area contributed by atoms with Crippen molar-refractivity contribution in [1.82, 2.24) is 10.2 Å². The summed E-state index contributed by atoms with van der Waals surface area (Å²) >= 11 is 1.69. The first-order valence-corrected chi connectivity index (χ1v) is 6.52. The number of rotatable bonds is 3. The quantitative estimate of drug-likeness (QED) is 0.151. The Bertz CT molecular complexity index is 330. The molecule has 1 fully saturated rings. The Kier molecular flexibility index (Phi) is 5.84. The highest BCUT2D eigenvalue weighted by Crippen LogP contribution is 2.27. The van der Waals surface area contributed by atoms with E-state index < -0.39 is 0 Å². The third-order valence-electron chi connectivity index (χ3n) is 2.64. The van der Waals surface area contributed by atoms with E-state index in [0.717, 1.165) is 19.4 Å². The molecule has 0 amide bonds. The molecule has 2 unspecified atom stereocenters. The lowest BCUT2D eigenvalue weighted by Gasteiger charge is -2.26. The van der Waals surface area contributed by atoms with Crippen molar-refractivity contribution in [2.75, 3.05) is 13.7 Å². The summed E-state index contributed by atoms with van der Waals surface area (Å²) in [7, 11) is 1.80. The fourth-order valence-electron chi connectivity index (χ4n) is 1.55. The smallest absolute Gasteiger partial charge is 0.367 e. The molecule has 1 heterocycles. The predicted molar refractivity (Wildman–Crippen MR) is 65.1 cm³/mol. The molecule has 1 aliphatic heterocycles. The van der Waals surface area contributed by atoms with Crippen LogP contribution in [-0.2, 0) is 4.74 Å². The maximum atomic E-state index is 8.54. The molecule has 6 nitrogen and oxygen atoms in total. The third kappa shape index (κ3) is 4.27. The summed E-state index contributed by atoms with van der Waals surface area (Å²) in [6.45, 7) is 2.83. The van der Waals surface area contributed by atoms with Gasteiger partial charge in [0, 0.05) is 6.61 Å². The molecule has 0 radical (unpaired) electrons. The molecule has 0 spiro atoms. The topological polar surface area (TPSA) is 86.2 Å². The second-order valence-corrected chi connectivity index (χ2v) is 5.29. The number of thioether (sulfide) groups is 1. The van der Waals surface area contributed by atoms with Gasteiger partial charge in [0.2, 0.25) is 0 Å². The number of ether oxygens (including phenoxy) is 1. The van der Waals surface area contributed by atoms with Crippen molar-refractivity contribution in [3.8, 4) is 6.19 Å². The summed E-state index contributed by atoms with van der Waals surface area (Å²) in [5.41, 5.74) is 7.20. The largest absolute Gasteiger partial charge is 0.481 e. The van der Waals surface area contributed by atoms with Gasteiger partial charge in [0.25, 0.3) is 6.19 Å². The summed E-state index contributed by atoms with van der Waals surface area (Å²) in [5.74, 6) is 0.253. The van der Waals surface area contributed by atoms with E-state index in [1.54, 1.807) is 29.9 Å². The molecule has 0 aromatic carbocycles. The first-order valence-electron chi connectivity index (χ1n) is 5.58. The molecule has 2 N–H and O–H groups in total. The van der Waals surface area contributed by atoms with Crippen LogP contribution < -0.4 is 5.32 Å². The van der Waals surface area contributed by atoms with Gasteiger partial charge in [-0.2, -0.15) is 10.6 Å². The maximum absolute atomic E-state index is 8.54. The highest BCUT2D eigenvalue weighted by Gasteiger charge is 2.27. The fourth-order valence-corrected chi connectivity index (χ4v) is 2.75. The van der Waals surface area contributed by atoms with Crippen molar-refractivity contribution in [1.29, 1.82) is 10.8 Å². The Morgan fingerprint density at radius 3 is 3.00 bits per heavy atom. The SMILES string of the molecule is CC(SC1CCCCO1)N(C)C(=[N+]=N)NC#N. The van der Waals surface area contributed by atoms with Crippen LogP contribution in [0.2, 0.25) is 0 Å². The number of nitrogens with one attached hydrogen (secondary N) is 2. The van der Waals surface area contributed by atoms with Crippen LogP contribution in [0.4, 0.5) is 0 Å². The second kappa shape index (κ2) is 7.17. The lowest BCUT2D eigenvalue weighted by atomic mass is 10.2. The van der Waals surface area contributed by atoms with Gasteiger partial charge in [-0.15, -0.1) is 4.79 Å². The van der Waals surface area contributed by atoms with Crippen LogP contribution in [-0.4, -0.2) is 40.1 Å². The summed E-state index contributed by atoms with van der Waals surface area (Å²) in [4.78, 5) is 5.06. The van der Waals surface area contributed by atoms with Gasteiger partial charge >= 0.3 is 5.96 Å².